The molecule has 1 aliphatic heterocycles. The first-order valence-electron chi connectivity index (χ1n) is 8.78. The summed E-state index contributed by atoms with van der Waals surface area (Å²) >= 11 is 0. The highest BCUT2D eigenvalue weighted by atomic mass is 16.5. The minimum absolute atomic E-state index is 0.0774. The maximum Gasteiger partial charge on any atom is 0.334 e. The molecular weight excluding hydrogens is 350 g/mol. The van der Waals surface area contributed by atoms with Crippen molar-refractivity contribution >= 4 is 23.8 Å². The molecule has 0 aromatic heterocycles. The van der Waals surface area contributed by atoms with Crippen LogP contribution in [0, 0.1) is 5.92 Å². The summed E-state index contributed by atoms with van der Waals surface area (Å²) in [6.45, 7) is 0. The van der Waals surface area contributed by atoms with Crippen molar-refractivity contribution in [2.75, 3.05) is 7.11 Å². The van der Waals surface area contributed by atoms with Gasteiger partial charge in [-0.05, 0) is 31.6 Å². The lowest BCUT2D eigenvalue weighted by Crippen LogP contribution is -2.54. The number of nitrogens with one attached hydrogen (secondary N) is 2. The van der Waals surface area contributed by atoms with Crippen molar-refractivity contribution in [3.8, 4) is 0 Å². The Morgan fingerprint density at radius 3 is 2.74 bits per heavy atom. The van der Waals surface area contributed by atoms with E-state index in [2.05, 4.69) is 10.7 Å². The fourth-order valence-electron chi connectivity index (χ4n) is 3.29. The second kappa shape index (κ2) is 8.03. The first-order chi connectivity index (χ1) is 13.0. The normalized spacial score (nSPS) is 22.0. The monoisotopic (exact) mass is 371 g/mol. The van der Waals surface area contributed by atoms with Crippen LogP contribution in [-0.2, 0) is 19.1 Å². The highest BCUT2D eigenvalue weighted by Gasteiger charge is 2.39. The number of allylic oxidation sites excluding steroid dienone is 5. The molecule has 8 heteroatoms. The molecule has 0 aromatic rings. The third kappa shape index (κ3) is 3.99. The van der Waals surface area contributed by atoms with E-state index in [0.29, 0.717) is 35.4 Å². The van der Waals surface area contributed by atoms with Crippen molar-refractivity contribution in [2.45, 2.75) is 31.7 Å². The Morgan fingerprint density at radius 1 is 1.26 bits per heavy atom. The average molecular weight is 371 g/mol. The third-order valence-electron chi connectivity index (χ3n) is 4.68. The van der Waals surface area contributed by atoms with E-state index >= 15 is 0 Å². The molecule has 2 aliphatic carbocycles. The topological polar surface area (TPSA) is 105 Å². The Hall–Kier alpha value is -3.16. The van der Waals surface area contributed by atoms with Crippen LogP contribution in [0.3, 0.4) is 0 Å². The van der Waals surface area contributed by atoms with Gasteiger partial charge in [0, 0.05) is 5.57 Å². The summed E-state index contributed by atoms with van der Waals surface area (Å²) in [5.74, 6) is -1.62. The van der Waals surface area contributed by atoms with E-state index in [9.17, 15) is 19.2 Å². The number of rotatable bonds is 5. The zero-order valence-electron chi connectivity index (χ0n) is 14.9. The SMILES string of the molecule is COC(=O)[C@H](CC1C=CC=CC1)NC(=O)NN1C(=O)C2=C(CCC=C2)C1=O. The summed E-state index contributed by atoms with van der Waals surface area (Å²) < 4.78 is 4.76. The van der Waals surface area contributed by atoms with Crippen LogP contribution >= 0.6 is 0 Å². The lowest BCUT2D eigenvalue weighted by Gasteiger charge is -2.23. The van der Waals surface area contributed by atoms with Crippen molar-refractivity contribution in [1.82, 2.24) is 15.8 Å². The van der Waals surface area contributed by atoms with Gasteiger partial charge in [-0.2, -0.15) is 5.01 Å². The minimum Gasteiger partial charge on any atom is -0.467 e. The molecule has 0 saturated carbocycles. The molecule has 3 aliphatic rings. The molecule has 1 heterocycles. The fourth-order valence-corrected chi connectivity index (χ4v) is 3.29. The van der Waals surface area contributed by atoms with Crippen LogP contribution in [-0.4, -0.2) is 42.0 Å². The molecule has 8 nitrogen and oxygen atoms in total. The van der Waals surface area contributed by atoms with Gasteiger partial charge in [0.1, 0.15) is 6.04 Å². The molecule has 0 saturated heterocycles. The van der Waals surface area contributed by atoms with Gasteiger partial charge in [-0.1, -0.05) is 36.5 Å². The quantitative estimate of drug-likeness (QED) is 0.560. The van der Waals surface area contributed by atoms with Crippen LogP contribution in [0.4, 0.5) is 4.79 Å². The number of esters is 1. The number of amides is 4. The summed E-state index contributed by atoms with van der Waals surface area (Å²) in [5, 5.41) is 3.19. The summed E-state index contributed by atoms with van der Waals surface area (Å²) in [7, 11) is 1.24. The highest BCUT2D eigenvalue weighted by molar-refractivity contribution is 6.21. The maximum absolute atomic E-state index is 12.3. The van der Waals surface area contributed by atoms with Gasteiger partial charge in [0.15, 0.2) is 0 Å². The van der Waals surface area contributed by atoms with Crippen LogP contribution in [0.2, 0.25) is 0 Å². The lowest BCUT2D eigenvalue weighted by atomic mass is 9.93. The number of hydrogen-bond acceptors (Lipinski definition) is 5. The van der Waals surface area contributed by atoms with E-state index in [4.69, 9.17) is 4.74 Å². The van der Waals surface area contributed by atoms with E-state index in [1.165, 1.54) is 7.11 Å². The average Bonchev–Trinajstić information content (AvgIpc) is 2.93. The van der Waals surface area contributed by atoms with Gasteiger partial charge >= 0.3 is 12.0 Å². The molecule has 0 bridgehead atoms. The Kier molecular flexibility index (Phi) is 5.54. The Balaban J connectivity index is 1.62. The molecule has 4 amide bonds. The molecule has 2 atom stereocenters. The van der Waals surface area contributed by atoms with Crippen LogP contribution in [0.1, 0.15) is 25.7 Å². The van der Waals surface area contributed by atoms with Gasteiger partial charge in [-0.15, -0.1) is 0 Å². The molecule has 142 valence electrons. The van der Waals surface area contributed by atoms with Crippen LogP contribution in [0.25, 0.3) is 0 Å². The van der Waals surface area contributed by atoms with Gasteiger partial charge in [0.2, 0.25) is 0 Å². The molecule has 0 aromatic carbocycles. The molecule has 0 spiro atoms. The van der Waals surface area contributed by atoms with Gasteiger partial charge in [0.05, 0.1) is 12.7 Å². The molecule has 0 radical (unpaired) electrons. The standard InChI is InChI=1S/C19H21N3O5/c1-27-18(25)15(11-12-7-3-2-4-8-12)20-19(26)21-22-16(23)13-9-5-6-10-14(13)17(22)24/h2-5,7,9,12,15H,6,8,10-11H2,1H3,(H2,20,21,26)/t12?,15-/m0/s1. The second-order valence-electron chi connectivity index (χ2n) is 6.48. The number of carbonyl (C=O) groups excluding carboxylic acids is 4. The number of hydrazine groups is 1. The van der Waals surface area contributed by atoms with Crippen LogP contribution in [0.5, 0.6) is 0 Å². The molecular formula is C19H21N3O5. The smallest absolute Gasteiger partial charge is 0.334 e. The molecule has 3 rings (SSSR count). The van der Waals surface area contributed by atoms with Gasteiger partial charge in [-0.25, -0.2) is 15.0 Å². The van der Waals surface area contributed by atoms with Crippen molar-refractivity contribution in [3.63, 3.8) is 0 Å². The number of imide groups is 1. The third-order valence-corrected chi connectivity index (χ3v) is 4.68. The van der Waals surface area contributed by atoms with Gasteiger partial charge in [0.25, 0.3) is 11.8 Å². The van der Waals surface area contributed by atoms with Crippen molar-refractivity contribution in [1.29, 1.82) is 0 Å². The Morgan fingerprint density at radius 2 is 2.07 bits per heavy atom. The molecule has 2 N–H and O–H groups in total. The van der Waals surface area contributed by atoms with E-state index in [1.54, 1.807) is 6.08 Å². The first-order valence-corrected chi connectivity index (χ1v) is 8.78. The van der Waals surface area contributed by atoms with Crippen molar-refractivity contribution in [2.24, 2.45) is 5.92 Å². The minimum atomic E-state index is -0.897. The van der Waals surface area contributed by atoms with E-state index in [-0.39, 0.29) is 5.92 Å². The number of carbonyl (C=O) groups is 4. The Labute approximate surface area is 156 Å². The zero-order valence-corrected chi connectivity index (χ0v) is 14.9. The summed E-state index contributed by atoms with van der Waals surface area (Å²) in [4.78, 5) is 49.0. The number of nitrogens with zero attached hydrogens (tertiary/aromatic N) is 1. The molecule has 1 unspecified atom stereocenters. The lowest BCUT2D eigenvalue weighted by molar-refractivity contribution is -0.143. The first kappa shape index (κ1) is 18.6. The maximum atomic E-state index is 12.3. The highest BCUT2D eigenvalue weighted by Crippen LogP contribution is 2.27. The number of ether oxygens (including phenoxy) is 1. The summed E-state index contributed by atoms with van der Waals surface area (Å²) in [6, 6.07) is -1.71. The fraction of sp³-hybridized carbons (Fsp3) is 0.368. The van der Waals surface area contributed by atoms with Gasteiger partial charge < -0.3 is 10.1 Å². The van der Waals surface area contributed by atoms with Crippen LogP contribution < -0.4 is 10.7 Å². The summed E-state index contributed by atoms with van der Waals surface area (Å²) in [5.41, 5.74) is 2.95. The van der Waals surface area contributed by atoms with Gasteiger partial charge in [-0.3, -0.25) is 9.59 Å². The predicted molar refractivity (Wildman–Crippen MR) is 95.7 cm³/mol. The number of methoxy groups -OCH3 is 1. The number of hydrogen-bond donors (Lipinski definition) is 2. The predicted octanol–water partition coefficient (Wildman–Crippen LogP) is 1.28. The largest absolute Gasteiger partial charge is 0.467 e. The van der Waals surface area contributed by atoms with Crippen molar-refractivity contribution in [3.05, 3.63) is 47.6 Å². The van der Waals surface area contributed by atoms with E-state index in [0.717, 1.165) is 6.42 Å². The summed E-state index contributed by atoms with van der Waals surface area (Å²) in [6.07, 6.45) is 13.4. The van der Waals surface area contributed by atoms with E-state index in [1.807, 2.05) is 30.4 Å². The zero-order chi connectivity index (χ0) is 19.4. The molecule has 0 fully saturated rings. The second-order valence-corrected chi connectivity index (χ2v) is 6.48. The van der Waals surface area contributed by atoms with E-state index < -0.39 is 29.9 Å². The van der Waals surface area contributed by atoms with Crippen molar-refractivity contribution < 1.29 is 23.9 Å². The Bertz CT molecular complexity index is 793. The number of urea groups is 1. The molecule has 27 heavy (non-hydrogen) atoms. The van der Waals surface area contributed by atoms with Crippen LogP contribution in [0.15, 0.2) is 47.6 Å².